The lowest BCUT2D eigenvalue weighted by Gasteiger charge is -2.15. The van der Waals surface area contributed by atoms with Crippen molar-refractivity contribution in [3.63, 3.8) is 0 Å². The Labute approximate surface area is 111 Å². The minimum absolute atomic E-state index is 0.0627. The molecule has 0 saturated carbocycles. The van der Waals surface area contributed by atoms with E-state index in [-0.39, 0.29) is 5.91 Å². The molecule has 0 aliphatic carbocycles. The van der Waals surface area contributed by atoms with Crippen LogP contribution in [0.3, 0.4) is 0 Å². The number of likely N-dealkylation sites (tertiary alicyclic amines) is 1. The van der Waals surface area contributed by atoms with Crippen LogP contribution in [0.4, 0.5) is 0 Å². The quantitative estimate of drug-likeness (QED) is 0.877. The number of carbonyl (C=O) groups excluding carboxylic acids is 1. The van der Waals surface area contributed by atoms with Crippen LogP contribution in [0.2, 0.25) is 0 Å². The molecule has 3 rings (SSSR count). The molecule has 0 radical (unpaired) electrons. The van der Waals surface area contributed by atoms with E-state index in [0.717, 1.165) is 25.2 Å². The Hall–Kier alpha value is -2.11. The van der Waals surface area contributed by atoms with Gasteiger partial charge >= 0.3 is 0 Å². The van der Waals surface area contributed by atoms with Crippen molar-refractivity contribution in [3.8, 4) is 0 Å². The Balaban J connectivity index is 1.72. The highest BCUT2D eigenvalue weighted by Crippen LogP contribution is 2.28. The number of rotatable bonds is 2. The van der Waals surface area contributed by atoms with Crippen LogP contribution < -0.4 is 0 Å². The van der Waals surface area contributed by atoms with Gasteiger partial charge in [0.2, 0.25) is 0 Å². The third-order valence-corrected chi connectivity index (χ3v) is 3.70. The second-order valence-electron chi connectivity index (χ2n) is 5.11. The Morgan fingerprint density at radius 3 is 2.95 bits per heavy atom. The van der Waals surface area contributed by atoms with Gasteiger partial charge in [0.05, 0.1) is 18.0 Å². The van der Waals surface area contributed by atoms with E-state index in [4.69, 9.17) is 0 Å². The van der Waals surface area contributed by atoms with Gasteiger partial charge in [-0.25, -0.2) is 0 Å². The Bertz CT molecular complexity index is 600. The molecule has 2 aromatic heterocycles. The highest BCUT2D eigenvalue weighted by atomic mass is 16.2. The molecule has 100 valence electrons. The number of nitrogens with one attached hydrogen (secondary N) is 1. The number of aromatic nitrogens is 4. The van der Waals surface area contributed by atoms with Gasteiger partial charge in [-0.1, -0.05) is 0 Å². The smallest absolute Gasteiger partial charge is 0.257 e. The molecule has 19 heavy (non-hydrogen) atoms. The lowest BCUT2D eigenvalue weighted by molar-refractivity contribution is 0.0790. The summed E-state index contributed by atoms with van der Waals surface area (Å²) in [6.45, 7) is 3.58. The fourth-order valence-electron chi connectivity index (χ4n) is 2.66. The predicted octanol–water partition coefficient (Wildman–Crippen LogP) is 1.08. The summed E-state index contributed by atoms with van der Waals surface area (Å²) in [5.74, 6) is 0.427. The summed E-state index contributed by atoms with van der Waals surface area (Å²) < 4.78 is 1.65. The first-order chi connectivity index (χ1) is 9.15. The van der Waals surface area contributed by atoms with Crippen molar-refractivity contribution in [2.45, 2.75) is 19.3 Å². The Morgan fingerprint density at radius 1 is 1.47 bits per heavy atom. The SMILES string of the molecule is Cc1cn[nH]c1[C@H]1CCN(C(=O)c2cnn(C)c2)C1. The van der Waals surface area contributed by atoms with E-state index in [1.54, 1.807) is 17.1 Å². The summed E-state index contributed by atoms with van der Waals surface area (Å²) in [6, 6.07) is 0. The van der Waals surface area contributed by atoms with Crippen molar-refractivity contribution in [2.75, 3.05) is 13.1 Å². The zero-order valence-electron chi connectivity index (χ0n) is 11.1. The molecule has 1 saturated heterocycles. The topological polar surface area (TPSA) is 66.8 Å². The number of carbonyl (C=O) groups is 1. The summed E-state index contributed by atoms with van der Waals surface area (Å²) in [5.41, 5.74) is 2.98. The molecular weight excluding hydrogens is 242 g/mol. The number of nitrogens with zero attached hydrogens (tertiary/aromatic N) is 4. The highest BCUT2D eigenvalue weighted by Gasteiger charge is 2.30. The zero-order chi connectivity index (χ0) is 13.4. The molecular formula is C13H17N5O. The second kappa shape index (κ2) is 4.53. The summed E-state index contributed by atoms with van der Waals surface area (Å²) in [7, 11) is 1.82. The number of hydrogen-bond donors (Lipinski definition) is 1. The highest BCUT2D eigenvalue weighted by molar-refractivity contribution is 5.94. The molecule has 1 aliphatic rings. The second-order valence-corrected chi connectivity index (χ2v) is 5.11. The summed E-state index contributed by atoms with van der Waals surface area (Å²) in [5, 5.41) is 11.1. The summed E-state index contributed by atoms with van der Waals surface area (Å²) in [4.78, 5) is 14.2. The van der Waals surface area contributed by atoms with E-state index >= 15 is 0 Å². The number of aryl methyl sites for hydroxylation is 2. The van der Waals surface area contributed by atoms with Crippen molar-refractivity contribution in [3.05, 3.63) is 35.4 Å². The third kappa shape index (κ3) is 2.14. The molecule has 2 aromatic rings. The van der Waals surface area contributed by atoms with Crippen molar-refractivity contribution in [1.82, 2.24) is 24.9 Å². The molecule has 0 spiro atoms. The maximum Gasteiger partial charge on any atom is 0.257 e. The van der Waals surface area contributed by atoms with Crippen molar-refractivity contribution < 1.29 is 4.79 Å². The van der Waals surface area contributed by atoms with Crippen LogP contribution in [0.5, 0.6) is 0 Å². The Kier molecular flexibility index (Phi) is 2.85. The lowest BCUT2D eigenvalue weighted by atomic mass is 10.0. The standard InChI is InChI=1S/C13H17N5O/c1-9-5-14-16-12(9)10-3-4-18(8-10)13(19)11-6-15-17(2)7-11/h5-7,10H,3-4,8H2,1-2H3,(H,14,16)/t10-/m0/s1. The van der Waals surface area contributed by atoms with Crippen LogP contribution >= 0.6 is 0 Å². The van der Waals surface area contributed by atoms with Crippen LogP contribution in [0.1, 0.15) is 34.0 Å². The van der Waals surface area contributed by atoms with Gasteiger partial charge in [0.1, 0.15) is 0 Å². The van der Waals surface area contributed by atoms with Gasteiger partial charge in [-0.05, 0) is 18.9 Å². The van der Waals surface area contributed by atoms with Gasteiger partial charge in [-0.15, -0.1) is 0 Å². The predicted molar refractivity (Wildman–Crippen MR) is 69.8 cm³/mol. The fraction of sp³-hybridized carbons (Fsp3) is 0.462. The van der Waals surface area contributed by atoms with E-state index in [1.807, 2.05) is 25.1 Å². The molecule has 6 heteroatoms. The van der Waals surface area contributed by atoms with Crippen LogP contribution in [0.25, 0.3) is 0 Å². The third-order valence-electron chi connectivity index (χ3n) is 3.70. The lowest BCUT2D eigenvalue weighted by Crippen LogP contribution is -2.28. The van der Waals surface area contributed by atoms with Crippen molar-refractivity contribution in [2.24, 2.45) is 7.05 Å². The number of aromatic amines is 1. The van der Waals surface area contributed by atoms with Crippen molar-refractivity contribution in [1.29, 1.82) is 0 Å². The van der Waals surface area contributed by atoms with Gasteiger partial charge in [0, 0.05) is 37.9 Å². The summed E-state index contributed by atoms with van der Waals surface area (Å²) in [6.07, 6.45) is 6.20. The van der Waals surface area contributed by atoms with Gasteiger partial charge in [-0.3, -0.25) is 14.6 Å². The molecule has 1 fully saturated rings. The minimum atomic E-state index is 0.0627. The number of hydrogen-bond acceptors (Lipinski definition) is 3. The number of amides is 1. The fourth-order valence-corrected chi connectivity index (χ4v) is 2.66. The molecule has 1 atom stereocenters. The van der Waals surface area contributed by atoms with E-state index in [1.165, 1.54) is 5.56 Å². The van der Waals surface area contributed by atoms with Crippen LogP contribution in [-0.2, 0) is 7.05 Å². The van der Waals surface area contributed by atoms with E-state index < -0.39 is 0 Å². The first-order valence-corrected chi connectivity index (χ1v) is 6.43. The van der Waals surface area contributed by atoms with Crippen LogP contribution in [0.15, 0.2) is 18.6 Å². The molecule has 0 unspecified atom stereocenters. The van der Waals surface area contributed by atoms with E-state index in [0.29, 0.717) is 11.5 Å². The average Bonchev–Trinajstić information content (AvgIpc) is 3.08. The molecule has 3 heterocycles. The van der Waals surface area contributed by atoms with Gasteiger partial charge in [0.25, 0.3) is 5.91 Å². The molecule has 1 amide bonds. The van der Waals surface area contributed by atoms with Gasteiger partial charge in [0.15, 0.2) is 0 Å². The zero-order valence-corrected chi connectivity index (χ0v) is 11.1. The van der Waals surface area contributed by atoms with Crippen LogP contribution in [0, 0.1) is 6.92 Å². The molecule has 1 N–H and O–H groups in total. The first kappa shape index (κ1) is 12.0. The Morgan fingerprint density at radius 2 is 2.32 bits per heavy atom. The molecule has 0 bridgehead atoms. The van der Waals surface area contributed by atoms with E-state index in [9.17, 15) is 4.79 Å². The number of H-pyrrole nitrogens is 1. The van der Waals surface area contributed by atoms with Crippen LogP contribution in [-0.4, -0.2) is 43.9 Å². The minimum Gasteiger partial charge on any atom is -0.338 e. The van der Waals surface area contributed by atoms with E-state index in [2.05, 4.69) is 15.3 Å². The monoisotopic (exact) mass is 259 g/mol. The summed E-state index contributed by atoms with van der Waals surface area (Å²) >= 11 is 0. The molecule has 1 aliphatic heterocycles. The maximum atomic E-state index is 12.3. The van der Waals surface area contributed by atoms with Gasteiger partial charge < -0.3 is 4.90 Å². The maximum absolute atomic E-state index is 12.3. The molecule has 0 aromatic carbocycles. The normalized spacial score (nSPS) is 19.1. The first-order valence-electron chi connectivity index (χ1n) is 6.43. The van der Waals surface area contributed by atoms with Gasteiger partial charge in [-0.2, -0.15) is 10.2 Å². The van der Waals surface area contributed by atoms with Crippen molar-refractivity contribution >= 4 is 5.91 Å². The molecule has 6 nitrogen and oxygen atoms in total. The average molecular weight is 259 g/mol. The largest absolute Gasteiger partial charge is 0.338 e.